The van der Waals surface area contributed by atoms with E-state index in [-0.39, 0.29) is 16.5 Å². The van der Waals surface area contributed by atoms with E-state index in [9.17, 15) is 13.2 Å². The molecule has 0 bridgehead atoms. The van der Waals surface area contributed by atoms with E-state index in [1.807, 2.05) is 0 Å². The maximum absolute atomic E-state index is 12.7. The zero-order valence-corrected chi connectivity index (χ0v) is 13.7. The van der Waals surface area contributed by atoms with Crippen LogP contribution in [0.5, 0.6) is 0 Å². The molecule has 0 saturated heterocycles. The van der Waals surface area contributed by atoms with Gasteiger partial charge in [-0.2, -0.15) is 4.31 Å². The van der Waals surface area contributed by atoms with E-state index in [2.05, 4.69) is 15.9 Å². The van der Waals surface area contributed by atoms with Gasteiger partial charge in [0, 0.05) is 17.1 Å². The van der Waals surface area contributed by atoms with E-state index in [0.717, 1.165) is 12.8 Å². The molecule has 1 aliphatic rings. The lowest BCUT2D eigenvalue weighted by Crippen LogP contribution is -2.33. The molecule has 0 heterocycles. The van der Waals surface area contributed by atoms with E-state index < -0.39 is 16.0 Å². The van der Waals surface area contributed by atoms with Crippen molar-refractivity contribution in [1.29, 1.82) is 0 Å². The molecule has 2 rings (SSSR count). The van der Waals surface area contributed by atoms with Crippen molar-refractivity contribution in [2.45, 2.75) is 37.6 Å². The minimum Gasteiger partial charge on any atom is -0.478 e. The van der Waals surface area contributed by atoms with Crippen LogP contribution >= 0.6 is 15.9 Å². The van der Waals surface area contributed by atoms with Crippen LogP contribution in [0.15, 0.2) is 21.5 Å². The molecule has 0 amide bonds. The highest BCUT2D eigenvalue weighted by molar-refractivity contribution is 9.10. The first kappa shape index (κ1) is 15.5. The van der Waals surface area contributed by atoms with E-state index >= 15 is 0 Å². The Morgan fingerprint density at radius 3 is 2.50 bits per heavy atom. The molecule has 0 aromatic heterocycles. The molecule has 1 saturated carbocycles. The Morgan fingerprint density at radius 2 is 2.05 bits per heavy atom. The van der Waals surface area contributed by atoms with Crippen LogP contribution in [-0.4, -0.2) is 36.4 Å². The number of carboxylic acid groups (broad SMARTS) is 1. The van der Waals surface area contributed by atoms with Gasteiger partial charge < -0.3 is 5.11 Å². The monoisotopic (exact) mass is 361 g/mol. The fourth-order valence-corrected chi connectivity index (χ4v) is 4.72. The van der Waals surface area contributed by atoms with Crippen LogP contribution < -0.4 is 0 Å². The number of aromatic carboxylic acids is 1. The molecule has 20 heavy (non-hydrogen) atoms. The van der Waals surface area contributed by atoms with Gasteiger partial charge >= 0.3 is 5.97 Å². The van der Waals surface area contributed by atoms with Crippen LogP contribution in [0.4, 0.5) is 0 Å². The number of benzene rings is 1. The van der Waals surface area contributed by atoms with Crippen LogP contribution in [0.1, 0.15) is 35.7 Å². The first-order chi connectivity index (χ1) is 9.28. The number of carboxylic acids is 1. The van der Waals surface area contributed by atoms with Crippen LogP contribution in [-0.2, 0) is 10.0 Å². The molecule has 0 aliphatic heterocycles. The van der Waals surface area contributed by atoms with Crippen molar-refractivity contribution in [3.05, 3.63) is 27.7 Å². The number of nitrogens with zero attached hydrogens (tertiary/aromatic N) is 1. The smallest absolute Gasteiger partial charge is 0.335 e. The van der Waals surface area contributed by atoms with Crippen molar-refractivity contribution in [3.63, 3.8) is 0 Å². The largest absolute Gasteiger partial charge is 0.478 e. The maximum Gasteiger partial charge on any atom is 0.335 e. The molecular formula is C13H16BrNO4S. The fraction of sp³-hybridized carbons (Fsp3) is 0.462. The molecule has 110 valence electrons. The highest BCUT2D eigenvalue weighted by Gasteiger charge is 2.38. The van der Waals surface area contributed by atoms with Crippen LogP contribution in [0, 0.1) is 6.92 Å². The van der Waals surface area contributed by atoms with Crippen molar-refractivity contribution >= 4 is 31.9 Å². The van der Waals surface area contributed by atoms with Crippen molar-refractivity contribution in [2.75, 3.05) is 6.54 Å². The molecular weight excluding hydrogens is 346 g/mol. The van der Waals surface area contributed by atoms with E-state index in [1.165, 1.54) is 16.4 Å². The molecule has 5 nitrogen and oxygen atoms in total. The number of rotatable bonds is 5. The van der Waals surface area contributed by atoms with Gasteiger partial charge in [0.15, 0.2) is 0 Å². The predicted octanol–water partition coefficient (Wildman–Crippen LogP) is 2.63. The van der Waals surface area contributed by atoms with Gasteiger partial charge in [0.2, 0.25) is 10.0 Å². The SMILES string of the molecule is CCN(C1CC1)S(=O)(=O)c1cc(C(=O)O)cc(Br)c1C. The molecule has 7 heteroatoms. The Kier molecular flexibility index (Phi) is 4.22. The average molecular weight is 362 g/mol. The number of halogens is 1. The summed E-state index contributed by atoms with van der Waals surface area (Å²) in [5.41, 5.74) is 0.502. The summed E-state index contributed by atoms with van der Waals surface area (Å²) in [6.07, 6.45) is 1.73. The summed E-state index contributed by atoms with van der Waals surface area (Å²) in [7, 11) is -3.66. The van der Waals surface area contributed by atoms with Crippen molar-refractivity contribution in [3.8, 4) is 0 Å². The number of hydrogen-bond acceptors (Lipinski definition) is 3. The molecule has 1 N–H and O–H groups in total. The van der Waals surface area contributed by atoms with E-state index in [4.69, 9.17) is 5.11 Å². The standard InChI is InChI=1S/C13H16BrNO4S/c1-3-15(10-4-5-10)20(18,19)12-7-9(13(16)17)6-11(14)8(12)2/h6-7,10H,3-5H2,1-2H3,(H,16,17). The summed E-state index contributed by atoms with van der Waals surface area (Å²) in [6, 6.07) is 2.71. The van der Waals surface area contributed by atoms with Crippen molar-refractivity contribution < 1.29 is 18.3 Å². The summed E-state index contributed by atoms with van der Waals surface area (Å²) in [5.74, 6) is -1.14. The van der Waals surface area contributed by atoms with Gasteiger partial charge in [0.25, 0.3) is 0 Å². The lowest BCUT2D eigenvalue weighted by atomic mass is 10.1. The molecule has 1 aromatic rings. The first-order valence-corrected chi connectivity index (χ1v) is 8.57. The topological polar surface area (TPSA) is 74.7 Å². The zero-order valence-electron chi connectivity index (χ0n) is 11.3. The lowest BCUT2D eigenvalue weighted by molar-refractivity contribution is 0.0696. The normalized spacial score (nSPS) is 15.6. The average Bonchev–Trinajstić information content (AvgIpc) is 3.16. The highest BCUT2D eigenvalue weighted by Crippen LogP contribution is 2.34. The Labute approximate surface area is 126 Å². The second-order valence-corrected chi connectivity index (χ2v) is 7.54. The van der Waals surface area contributed by atoms with Gasteiger partial charge in [0.1, 0.15) is 0 Å². The van der Waals surface area contributed by atoms with Gasteiger partial charge in [-0.3, -0.25) is 0 Å². The van der Waals surface area contributed by atoms with Gasteiger partial charge in [-0.05, 0) is 37.5 Å². The van der Waals surface area contributed by atoms with E-state index in [1.54, 1.807) is 13.8 Å². The fourth-order valence-electron chi connectivity index (χ4n) is 2.16. The molecule has 0 atom stereocenters. The Bertz CT molecular complexity index is 653. The second kappa shape index (κ2) is 5.46. The molecule has 1 aromatic carbocycles. The minimum absolute atomic E-state index is 0.0344. The third-order valence-electron chi connectivity index (χ3n) is 3.40. The molecule has 0 radical (unpaired) electrons. The molecule has 0 unspecified atom stereocenters. The maximum atomic E-state index is 12.7. The third-order valence-corrected chi connectivity index (χ3v) is 6.37. The Hall–Kier alpha value is -0.920. The van der Waals surface area contributed by atoms with Gasteiger partial charge in [-0.15, -0.1) is 0 Å². The first-order valence-electron chi connectivity index (χ1n) is 6.34. The quantitative estimate of drug-likeness (QED) is 0.874. The highest BCUT2D eigenvalue weighted by atomic mass is 79.9. The molecule has 1 aliphatic carbocycles. The summed E-state index contributed by atoms with van der Waals surface area (Å²) >= 11 is 3.24. The Morgan fingerprint density at radius 1 is 1.45 bits per heavy atom. The molecule has 1 fully saturated rings. The van der Waals surface area contributed by atoms with Crippen LogP contribution in [0.2, 0.25) is 0 Å². The van der Waals surface area contributed by atoms with Crippen LogP contribution in [0.3, 0.4) is 0 Å². The third kappa shape index (κ3) is 2.75. The van der Waals surface area contributed by atoms with Crippen molar-refractivity contribution in [2.24, 2.45) is 0 Å². The van der Waals surface area contributed by atoms with Gasteiger partial charge in [-0.1, -0.05) is 22.9 Å². The lowest BCUT2D eigenvalue weighted by Gasteiger charge is -2.21. The Balaban J connectivity index is 2.58. The van der Waals surface area contributed by atoms with Crippen molar-refractivity contribution in [1.82, 2.24) is 4.31 Å². The summed E-state index contributed by atoms with van der Waals surface area (Å²) < 4.78 is 27.4. The summed E-state index contributed by atoms with van der Waals surface area (Å²) in [6.45, 7) is 3.85. The zero-order chi connectivity index (χ0) is 15.1. The van der Waals surface area contributed by atoms with Gasteiger partial charge in [0.05, 0.1) is 10.5 Å². The number of carbonyl (C=O) groups is 1. The van der Waals surface area contributed by atoms with E-state index in [0.29, 0.717) is 16.6 Å². The number of sulfonamides is 1. The second-order valence-electron chi connectivity index (χ2n) is 4.83. The predicted molar refractivity (Wildman–Crippen MR) is 78.4 cm³/mol. The minimum atomic E-state index is -3.66. The molecule has 0 spiro atoms. The summed E-state index contributed by atoms with van der Waals surface area (Å²) in [4.78, 5) is 11.2. The number of hydrogen-bond donors (Lipinski definition) is 1. The van der Waals surface area contributed by atoms with Gasteiger partial charge in [-0.25, -0.2) is 13.2 Å². The van der Waals surface area contributed by atoms with Crippen LogP contribution in [0.25, 0.3) is 0 Å². The summed E-state index contributed by atoms with van der Waals surface area (Å²) in [5, 5.41) is 9.08.